The van der Waals surface area contributed by atoms with Gasteiger partial charge in [-0.2, -0.15) is 0 Å². The molecule has 0 radical (unpaired) electrons. The minimum absolute atomic E-state index is 0.654. The molecule has 16 heavy (non-hydrogen) atoms. The van der Waals surface area contributed by atoms with Gasteiger partial charge in [0.05, 0.1) is 0 Å². The maximum Gasteiger partial charge on any atom is 0.134 e. The van der Waals surface area contributed by atoms with Crippen LogP contribution in [-0.2, 0) is 0 Å². The number of anilines is 1. The molecule has 1 heterocycles. The van der Waals surface area contributed by atoms with Gasteiger partial charge in [-0.1, -0.05) is 6.92 Å². The number of hydrogen-bond acceptors (Lipinski definition) is 3. The van der Waals surface area contributed by atoms with E-state index in [1.165, 1.54) is 31.4 Å². The smallest absolute Gasteiger partial charge is 0.134 e. The molecule has 0 amide bonds. The molecule has 0 spiro atoms. The van der Waals surface area contributed by atoms with Crippen molar-refractivity contribution in [2.45, 2.75) is 50.9 Å². The predicted molar refractivity (Wildman–Crippen MR) is 64.8 cm³/mol. The molecule has 2 fully saturated rings. The van der Waals surface area contributed by atoms with Crippen LogP contribution >= 0.6 is 0 Å². The van der Waals surface area contributed by atoms with Gasteiger partial charge < -0.3 is 5.32 Å². The first-order valence-corrected chi connectivity index (χ1v) is 6.49. The Labute approximate surface area is 96.7 Å². The van der Waals surface area contributed by atoms with Crippen molar-refractivity contribution in [2.75, 3.05) is 11.9 Å². The van der Waals surface area contributed by atoms with E-state index in [1.807, 2.05) is 0 Å². The zero-order valence-electron chi connectivity index (χ0n) is 9.87. The Balaban J connectivity index is 1.84. The van der Waals surface area contributed by atoms with Crippen LogP contribution in [0.25, 0.3) is 0 Å². The topological polar surface area (TPSA) is 37.8 Å². The van der Waals surface area contributed by atoms with E-state index in [1.54, 1.807) is 0 Å². The van der Waals surface area contributed by atoms with Crippen LogP contribution < -0.4 is 5.32 Å². The molecule has 2 aliphatic rings. The van der Waals surface area contributed by atoms with E-state index in [0.717, 1.165) is 30.5 Å². The number of nitrogens with one attached hydrogen (secondary N) is 1. The van der Waals surface area contributed by atoms with Crippen LogP contribution in [0.2, 0.25) is 0 Å². The van der Waals surface area contributed by atoms with E-state index >= 15 is 0 Å². The molecule has 1 aromatic heterocycles. The third kappa shape index (κ3) is 2.18. The van der Waals surface area contributed by atoms with Gasteiger partial charge in [0, 0.05) is 30.1 Å². The fourth-order valence-electron chi connectivity index (χ4n) is 1.94. The van der Waals surface area contributed by atoms with Crippen molar-refractivity contribution in [3.63, 3.8) is 0 Å². The summed E-state index contributed by atoms with van der Waals surface area (Å²) in [6.07, 6.45) is 6.33. The lowest BCUT2D eigenvalue weighted by atomic mass is 10.2. The zero-order valence-corrected chi connectivity index (χ0v) is 9.87. The van der Waals surface area contributed by atoms with Crippen molar-refractivity contribution in [2.24, 2.45) is 0 Å². The van der Waals surface area contributed by atoms with Crippen LogP contribution in [0.5, 0.6) is 0 Å². The average molecular weight is 217 g/mol. The summed E-state index contributed by atoms with van der Waals surface area (Å²) in [4.78, 5) is 9.34. The summed E-state index contributed by atoms with van der Waals surface area (Å²) in [5.41, 5.74) is 1.27. The second kappa shape index (κ2) is 4.04. The lowest BCUT2D eigenvalue weighted by Gasteiger charge is -2.08. The fraction of sp³-hybridized carbons (Fsp3) is 0.692. The molecule has 0 aliphatic heterocycles. The van der Waals surface area contributed by atoms with Crippen molar-refractivity contribution in [3.05, 3.63) is 17.6 Å². The molecule has 2 aliphatic carbocycles. The summed E-state index contributed by atoms with van der Waals surface area (Å²) in [6, 6.07) is 2.15. The second-order valence-corrected chi connectivity index (χ2v) is 5.01. The largest absolute Gasteiger partial charge is 0.370 e. The summed E-state index contributed by atoms with van der Waals surface area (Å²) >= 11 is 0. The van der Waals surface area contributed by atoms with Gasteiger partial charge in [0.15, 0.2) is 0 Å². The third-order valence-electron chi connectivity index (χ3n) is 3.26. The van der Waals surface area contributed by atoms with Crippen LogP contribution in [0.15, 0.2) is 6.07 Å². The molecule has 1 N–H and O–H groups in total. The van der Waals surface area contributed by atoms with Gasteiger partial charge in [0.1, 0.15) is 11.6 Å². The Morgan fingerprint density at radius 3 is 2.56 bits per heavy atom. The van der Waals surface area contributed by atoms with Crippen LogP contribution in [0.1, 0.15) is 62.4 Å². The molecule has 1 aromatic rings. The predicted octanol–water partition coefficient (Wildman–Crippen LogP) is 3.05. The third-order valence-corrected chi connectivity index (χ3v) is 3.26. The van der Waals surface area contributed by atoms with Gasteiger partial charge in [-0.15, -0.1) is 0 Å². The molecule has 0 unspecified atom stereocenters. The standard InChI is InChI=1S/C13H19N3/c1-2-7-14-12-8-11(9-3-4-9)15-13(16-12)10-5-6-10/h8-10H,2-7H2,1H3,(H,14,15,16). The van der Waals surface area contributed by atoms with Crippen LogP contribution in [0, 0.1) is 0 Å². The monoisotopic (exact) mass is 217 g/mol. The van der Waals surface area contributed by atoms with E-state index in [0.29, 0.717) is 5.92 Å². The first kappa shape index (κ1) is 10.1. The summed E-state index contributed by atoms with van der Waals surface area (Å²) in [5.74, 6) is 3.51. The molecule has 0 saturated heterocycles. The quantitative estimate of drug-likeness (QED) is 0.823. The summed E-state index contributed by atoms with van der Waals surface area (Å²) < 4.78 is 0. The minimum Gasteiger partial charge on any atom is -0.370 e. The van der Waals surface area contributed by atoms with Gasteiger partial charge in [0.25, 0.3) is 0 Å². The summed E-state index contributed by atoms with van der Waals surface area (Å²) in [7, 11) is 0. The molecule has 2 saturated carbocycles. The molecule has 3 rings (SSSR count). The molecular formula is C13H19N3. The Morgan fingerprint density at radius 1 is 1.19 bits per heavy atom. The van der Waals surface area contributed by atoms with Gasteiger partial charge in [-0.05, 0) is 32.1 Å². The average Bonchev–Trinajstić information content (AvgIpc) is 3.19. The highest BCUT2D eigenvalue weighted by atomic mass is 15.0. The van der Waals surface area contributed by atoms with E-state index in [2.05, 4.69) is 23.3 Å². The van der Waals surface area contributed by atoms with Crippen molar-refractivity contribution in [1.82, 2.24) is 9.97 Å². The van der Waals surface area contributed by atoms with Crippen LogP contribution in [0.4, 0.5) is 5.82 Å². The molecule has 0 aromatic carbocycles. The SMILES string of the molecule is CCCNc1cc(C2CC2)nc(C2CC2)n1. The molecule has 3 nitrogen and oxygen atoms in total. The Kier molecular flexibility index (Phi) is 2.54. The van der Waals surface area contributed by atoms with Crippen molar-refractivity contribution >= 4 is 5.82 Å². The molecule has 3 heteroatoms. The Hall–Kier alpha value is -1.12. The molecular weight excluding hydrogens is 198 g/mol. The van der Waals surface area contributed by atoms with Crippen molar-refractivity contribution < 1.29 is 0 Å². The first-order valence-electron chi connectivity index (χ1n) is 6.49. The van der Waals surface area contributed by atoms with Gasteiger partial charge in [0.2, 0.25) is 0 Å². The maximum atomic E-state index is 4.71. The normalized spacial score (nSPS) is 19.8. The fourth-order valence-corrected chi connectivity index (χ4v) is 1.94. The number of nitrogens with zero attached hydrogens (tertiary/aromatic N) is 2. The Morgan fingerprint density at radius 2 is 1.94 bits per heavy atom. The van der Waals surface area contributed by atoms with E-state index in [-0.39, 0.29) is 0 Å². The minimum atomic E-state index is 0.654. The lowest BCUT2D eigenvalue weighted by molar-refractivity contribution is 0.865. The van der Waals surface area contributed by atoms with Gasteiger partial charge in [-0.25, -0.2) is 9.97 Å². The van der Waals surface area contributed by atoms with Gasteiger partial charge in [-0.3, -0.25) is 0 Å². The highest BCUT2D eigenvalue weighted by Gasteiger charge is 2.30. The first-order chi connectivity index (χ1) is 7.86. The number of rotatable bonds is 5. The number of hydrogen-bond donors (Lipinski definition) is 1. The van der Waals surface area contributed by atoms with Crippen LogP contribution in [0.3, 0.4) is 0 Å². The molecule has 0 atom stereocenters. The highest BCUT2D eigenvalue weighted by molar-refractivity contribution is 5.39. The highest BCUT2D eigenvalue weighted by Crippen LogP contribution is 2.42. The van der Waals surface area contributed by atoms with E-state index in [4.69, 9.17) is 4.98 Å². The zero-order chi connectivity index (χ0) is 11.0. The van der Waals surface area contributed by atoms with Crippen molar-refractivity contribution in [1.29, 1.82) is 0 Å². The van der Waals surface area contributed by atoms with Crippen molar-refractivity contribution in [3.8, 4) is 0 Å². The maximum absolute atomic E-state index is 4.71. The van der Waals surface area contributed by atoms with Crippen LogP contribution in [-0.4, -0.2) is 16.5 Å². The Bertz CT molecular complexity index is 351. The lowest BCUT2D eigenvalue weighted by Crippen LogP contribution is -2.06. The van der Waals surface area contributed by atoms with E-state index < -0.39 is 0 Å². The van der Waals surface area contributed by atoms with Gasteiger partial charge >= 0.3 is 0 Å². The molecule has 0 bridgehead atoms. The number of aromatic nitrogens is 2. The van der Waals surface area contributed by atoms with E-state index in [9.17, 15) is 0 Å². The summed E-state index contributed by atoms with van der Waals surface area (Å²) in [6.45, 7) is 3.18. The molecule has 86 valence electrons. The summed E-state index contributed by atoms with van der Waals surface area (Å²) in [5, 5.41) is 3.39. The second-order valence-electron chi connectivity index (χ2n) is 5.01.